The fourth-order valence-corrected chi connectivity index (χ4v) is 4.05. The molecule has 0 radical (unpaired) electrons. The van der Waals surface area contributed by atoms with Crippen molar-refractivity contribution < 1.29 is 13.6 Å². The fourth-order valence-electron chi connectivity index (χ4n) is 4.05. The molecule has 31 heavy (non-hydrogen) atoms. The molecule has 5 rings (SSSR count). The number of urea groups is 1. The SMILES string of the molecule is O=C(NCc1ccccc1)N1CCC[C@H]1c1nc2cc(-c3ccc(F)cc3)ccc2o1. The molecule has 1 aliphatic heterocycles. The second kappa shape index (κ2) is 8.22. The molecule has 2 amide bonds. The number of aromatic nitrogens is 1. The fraction of sp³-hybridized carbons (Fsp3) is 0.200. The van der Waals surface area contributed by atoms with Gasteiger partial charge in [0.1, 0.15) is 17.4 Å². The Morgan fingerprint density at radius 3 is 2.65 bits per heavy atom. The lowest BCUT2D eigenvalue weighted by atomic mass is 10.1. The summed E-state index contributed by atoms with van der Waals surface area (Å²) in [4.78, 5) is 19.3. The molecule has 1 aliphatic rings. The number of hydrogen-bond acceptors (Lipinski definition) is 3. The number of carbonyl (C=O) groups is 1. The van der Waals surface area contributed by atoms with Gasteiger partial charge in [-0.2, -0.15) is 0 Å². The summed E-state index contributed by atoms with van der Waals surface area (Å²) in [5, 5.41) is 3.00. The highest BCUT2D eigenvalue weighted by Gasteiger charge is 2.33. The van der Waals surface area contributed by atoms with Crippen molar-refractivity contribution in [1.29, 1.82) is 0 Å². The van der Waals surface area contributed by atoms with Crippen LogP contribution >= 0.6 is 0 Å². The van der Waals surface area contributed by atoms with E-state index in [1.165, 1.54) is 12.1 Å². The van der Waals surface area contributed by atoms with E-state index < -0.39 is 0 Å². The first-order valence-corrected chi connectivity index (χ1v) is 10.4. The third-order valence-electron chi connectivity index (χ3n) is 5.67. The minimum atomic E-state index is -0.264. The molecule has 1 atom stereocenters. The van der Waals surface area contributed by atoms with Crippen LogP contribution in [-0.4, -0.2) is 22.5 Å². The first kappa shape index (κ1) is 19.3. The molecule has 4 aromatic rings. The normalized spacial score (nSPS) is 16.0. The van der Waals surface area contributed by atoms with Gasteiger partial charge in [-0.15, -0.1) is 0 Å². The molecule has 0 bridgehead atoms. The van der Waals surface area contributed by atoms with Crippen molar-refractivity contribution in [3.63, 3.8) is 0 Å². The summed E-state index contributed by atoms with van der Waals surface area (Å²) in [5.41, 5.74) is 4.32. The van der Waals surface area contributed by atoms with Crippen LogP contribution in [0.2, 0.25) is 0 Å². The van der Waals surface area contributed by atoms with Crippen LogP contribution in [0.15, 0.2) is 77.2 Å². The number of fused-ring (bicyclic) bond motifs is 1. The summed E-state index contributed by atoms with van der Waals surface area (Å²) in [6.45, 7) is 1.16. The average Bonchev–Trinajstić information content (AvgIpc) is 3.45. The first-order chi connectivity index (χ1) is 15.2. The van der Waals surface area contributed by atoms with E-state index in [1.807, 2.05) is 48.5 Å². The minimum absolute atomic E-state index is 0.111. The Morgan fingerprint density at radius 2 is 1.84 bits per heavy atom. The average molecular weight is 415 g/mol. The molecule has 0 aliphatic carbocycles. The van der Waals surface area contributed by atoms with Crippen LogP contribution in [0.4, 0.5) is 9.18 Å². The van der Waals surface area contributed by atoms with E-state index in [2.05, 4.69) is 10.3 Å². The van der Waals surface area contributed by atoms with Gasteiger partial charge in [0.2, 0.25) is 5.89 Å². The molecule has 5 nitrogen and oxygen atoms in total. The second-order valence-corrected chi connectivity index (χ2v) is 7.74. The van der Waals surface area contributed by atoms with Gasteiger partial charge in [-0.3, -0.25) is 0 Å². The van der Waals surface area contributed by atoms with E-state index in [4.69, 9.17) is 4.42 Å². The Hall–Kier alpha value is -3.67. The van der Waals surface area contributed by atoms with Gasteiger partial charge in [0.15, 0.2) is 5.58 Å². The molecule has 2 heterocycles. The molecule has 0 unspecified atom stereocenters. The van der Waals surface area contributed by atoms with Gasteiger partial charge in [0, 0.05) is 13.1 Å². The summed E-state index contributed by atoms with van der Waals surface area (Å²) in [6, 6.07) is 21.7. The monoisotopic (exact) mass is 415 g/mol. The van der Waals surface area contributed by atoms with E-state index in [0.29, 0.717) is 24.6 Å². The van der Waals surface area contributed by atoms with E-state index in [9.17, 15) is 9.18 Å². The van der Waals surface area contributed by atoms with E-state index in [0.717, 1.165) is 35.0 Å². The van der Waals surface area contributed by atoms with Crippen LogP contribution in [0.3, 0.4) is 0 Å². The molecular weight excluding hydrogens is 393 g/mol. The third-order valence-corrected chi connectivity index (χ3v) is 5.67. The molecular formula is C25H22FN3O2. The molecule has 1 N–H and O–H groups in total. The molecule has 1 fully saturated rings. The second-order valence-electron chi connectivity index (χ2n) is 7.74. The van der Waals surface area contributed by atoms with Crippen molar-refractivity contribution in [2.24, 2.45) is 0 Å². The number of halogens is 1. The van der Waals surface area contributed by atoms with Crippen LogP contribution in [-0.2, 0) is 6.54 Å². The van der Waals surface area contributed by atoms with Crippen molar-refractivity contribution >= 4 is 17.1 Å². The van der Waals surface area contributed by atoms with Crippen molar-refractivity contribution in [1.82, 2.24) is 15.2 Å². The van der Waals surface area contributed by atoms with Gasteiger partial charge in [-0.25, -0.2) is 14.2 Å². The summed E-state index contributed by atoms with van der Waals surface area (Å²) in [6.07, 6.45) is 1.72. The van der Waals surface area contributed by atoms with Crippen molar-refractivity contribution in [3.05, 3.63) is 90.1 Å². The Labute approximate surface area is 179 Å². The quantitative estimate of drug-likeness (QED) is 0.466. The highest BCUT2D eigenvalue weighted by atomic mass is 19.1. The van der Waals surface area contributed by atoms with Gasteiger partial charge in [0.25, 0.3) is 0 Å². The number of oxazole rings is 1. The molecule has 6 heteroatoms. The lowest BCUT2D eigenvalue weighted by Gasteiger charge is -2.22. The molecule has 156 valence electrons. The summed E-state index contributed by atoms with van der Waals surface area (Å²) < 4.78 is 19.2. The van der Waals surface area contributed by atoms with Gasteiger partial charge < -0.3 is 14.6 Å². The molecule has 0 saturated carbocycles. The maximum atomic E-state index is 13.2. The van der Waals surface area contributed by atoms with Gasteiger partial charge in [-0.05, 0) is 53.8 Å². The maximum absolute atomic E-state index is 13.2. The Kier molecular flexibility index (Phi) is 5.12. The van der Waals surface area contributed by atoms with Crippen LogP contribution in [0.25, 0.3) is 22.2 Å². The number of rotatable bonds is 4. The Morgan fingerprint density at radius 1 is 1.06 bits per heavy atom. The highest BCUT2D eigenvalue weighted by molar-refractivity contribution is 5.80. The van der Waals surface area contributed by atoms with Crippen LogP contribution in [0.5, 0.6) is 0 Å². The molecule has 3 aromatic carbocycles. The first-order valence-electron chi connectivity index (χ1n) is 10.4. The van der Waals surface area contributed by atoms with Gasteiger partial charge in [0.05, 0.1) is 0 Å². The summed E-state index contributed by atoms with van der Waals surface area (Å²) >= 11 is 0. The molecule has 1 aromatic heterocycles. The van der Waals surface area contributed by atoms with Crippen LogP contribution in [0.1, 0.15) is 30.3 Å². The van der Waals surface area contributed by atoms with E-state index in [1.54, 1.807) is 17.0 Å². The van der Waals surface area contributed by atoms with Crippen molar-refractivity contribution in [2.45, 2.75) is 25.4 Å². The number of nitrogens with zero attached hydrogens (tertiary/aromatic N) is 2. The van der Waals surface area contributed by atoms with Crippen molar-refractivity contribution in [2.75, 3.05) is 6.54 Å². The van der Waals surface area contributed by atoms with E-state index in [-0.39, 0.29) is 17.9 Å². The largest absolute Gasteiger partial charge is 0.438 e. The Bertz CT molecular complexity index is 1200. The lowest BCUT2D eigenvalue weighted by Crippen LogP contribution is -2.39. The van der Waals surface area contributed by atoms with E-state index >= 15 is 0 Å². The standard InChI is InChI=1S/C25H22FN3O2/c26-20-11-8-18(9-12-20)19-10-13-23-21(15-19)28-24(31-23)22-7-4-14-29(22)25(30)27-16-17-5-2-1-3-6-17/h1-3,5-6,8-13,15,22H,4,7,14,16H2,(H,27,30)/t22-/m0/s1. The minimum Gasteiger partial charge on any atom is -0.438 e. The van der Waals surface area contributed by atoms with Gasteiger partial charge >= 0.3 is 6.03 Å². The van der Waals surface area contributed by atoms with Crippen LogP contribution < -0.4 is 5.32 Å². The third kappa shape index (κ3) is 4.01. The zero-order chi connectivity index (χ0) is 21.2. The molecule has 0 spiro atoms. The predicted molar refractivity (Wildman–Crippen MR) is 117 cm³/mol. The smallest absolute Gasteiger partial charge is 0.318 e. The number of amides is 2. The summed E-state index contributed by atoms with van der Waals surface area (Å²) in [5.74, 6) is 0.291. The zero-order valence-electron chi connectivity index (χ0n) is 16.9. The lowest BCUT2D eigenvalue weighted by molar-refractivity contribution is 0.184. The van der Waals surface area contributed by atoms with Crippen molar-refractivity contribution in [3.8, 4) is 11.1 Å². The summed E-state index contributed by atoms with van der Waals surface area (Å²) in [7, 11) is 0. The topological polar surface area (TPSA) is 58.4 Å². The maximum Gasteiger partial charge on any atom is 0.318 e. The molecule has 1 saturated heterocycles. The predicted octanol–water partition coefficient (Wildman–Crippen LogP) is 5.68. The number of likely N-dealkylation sites (tertiary alicyclic amines) is 1. The highest BCUT2D eigenvalue weighted by Crippen LogP contribution is 2.34. The van der Waals surface area contributed by atoms with Crippen LogP contribution in [0, 0.1) is 5.82 Å². The zero-order valence-corrected chi connectivity index (χ0v) is 16.9. The number of nitrogens with one attached hydrogen (secondary N) is 1. The van der Waals surface area contributed by atoms with Gasteiger partial charge in [-0.1, -0.05) is 48.5 Å². The Balaban J connectivity index is 1.35. The number of benzene rings is 3. The number of carbonyl (C=O) groups excluding carboxylic acids is 1. The number of hydrogen-bond donors (Lipinski definition) is 1.